The van der Waals surface area contributed by atoms with Crippen molar-refractivity contribution >= 4 is 16.4 Å². The summed E-state index contributed by atoms with van der Waals surface area (Å²) in [4.78, 5) is 9.29. The SMILES string of the molecule is CNCc1ccc(-c2nnc(-c3nc(-c4ccc(S(O)(O)C(C)C)cc4)cnc3N)o2)cc1. The average molecular weight is 467 g/mol. The van der Waals surface area contributed by atoms with E-state index in [1.807, 2.05) is 31.3 Å². The molecule has 4 rings (SSSR count). The van der Waals surface area contributed by atoms with E-state index >= 15 is 0 Å². The van der Waals surface area contributed by atoms with Gasteiger partial charge in [0.25, 0.3) is 5.89 Å². The Morgan fingerprint density at radius 3 is 2.24 bits per heavy atom. The third-order valence-corrected chi connectivity index (χ3v) is 7.45. The lowest BCUT2D eigenvalue weighted by molar-refractivity contribution is 0.476. The summed E-state index contributed by atoms with van der Waals surface area (Å²) in [6.07, 6.45) is 1.55. The van der Waals surface area contributed by atoms with Crippen molar-refractivity contribution < 1.29 is 13.5 Å². The predicted octanol–water partition coefficient (Wildman–Crippen LogP) is 4.68. The van der Waals surface area contributed by atoms with E-state index in [0.29, 0.717) is 16.5 Å². The molecule has 172 valence electrons. The number of nitrogens with one attached hydrogen (secondary N) is 1. The van der Waals surface area contributed by atoms with Crippen LogP contribution in [0.1, 0.15) is 19.4 Å². The maximum absolute atomic E-state index is 10.4. The van der Waals surface area contributed by atoms with E-state index in [2.05, 4.69) is 25.5 Å². The lowest BCUT2D eigenvalue weighted by Gasteiger charge is -2.36. The highest BCUT2D eigenvalue weighted by Gasteiger charge is 2.21. The van der Waals surface area contributed by atoms with Gasteiger partial charge in [-0.1, -0.05) is 24.3 Å². The summed E-state index contributed by atoms with van der Waals surface area (Å²) in [7, 11) is -0.962. The molecule has 0 aliphatic heterocycles. The Hall–Kier alpha value is -3.31. The molecule has 4 aromatic rings. The summed E-state index contributed by atoms with van der Waals surface area (Å²) in [6.45, 7) is 4.32. The molecule has 0 aliphatic rings. The number of hydrogen-bond donors (Lipinski definition) is 4. The maximum Gasteiger partial charge on any atom is 0.270 e. The van der Waals surface area contributed by atoms with E-state index in [9.17, 15) is 9.11 Å². The summed E-state index contributed by atoms with van der Waals surface area (Å²) in [5.41, 5.74) is 9.55. The fourth-order valence-corrected chi connectivity index (χ4v) is 4.28. The van der Waals surface area contributed by atoms with Crippen LogP contribution in [0.2, 0.25) is 0 Å². The zero-order valence-electron chi connectivity index (χ0n) is 18.6. The van der Waals surface area contributed by atoms with Gasteiger partial charge in [-0.05, 0) is 50.7 Å². The molecule has 9 nitrogen and oxygen atoms in total. The lowest BCUT2D eigenvalue weighted by Crippen LogP contribution is -2.10. The van der Waals surface area contributed by atoms with Crippen LogP contribution in [0.15, 0.2) is 64.0 Å². The Balaban J connectivity index is 1.62. The molecule has 0 atom stereocenters. The fraction of sp³-hybridized carbons (Fsp3) is 0.217. The van der Waals surface area contributed by atoms with E-state index < -0.39 is 10.6 Å². The molecule has 5 N–H and O–H groups in total. The van der Waals surface area contributed by atoms with Crippen LogP contribution in [0, 0.1) is 0 Å². The van der Waals surface area contributed by atoms with Gasteiger partial charge in [-0.3, -0.25) is 9.11 Å². The first-order valence-electron chi connectivity index (χ1n) is 10.4. The first-order valence-corrected chi connectivity index (χ1v) is 12.0. The second-order valence-electron chi connectivity index (χ2n) is 7.79. The zero-order chi connectivity index (χ0) is 23.6. The van der Waals surface area contributed by atoms with Gasteiger partial charge in [0, 0.05) is 22.9 Å². The van der Waals surface area contributed by atoms with Gasteiger partial charge in [0.15, 0.2) is 11.5 Å². The number of rotatable bonds is 7. The van der Waals surface area contributed by atoms with Crippen molar-refractivity contribution in [1.82, 2.24) is 25.5 Å². The van der Waals surface area contributed by atoms with Crippen molar-refractivity contribution in [3.8, 4) is 34.3 Å². The van der Waals surface area contributed by atoms with Crippen LogP contribution in [0.4, 0.5) is 5.82 Å². The minimum atomic E-state index is -2.86. The minimum Gasteiger partial charge on any atom is -0.414 e. The smallest absolute Gasteiger partial charge is 0.270 e. The molecule has 0 spiro atoms. The Labute approximate surface area is 193 Å². The summed E-state index contributed by atoms with van der Waals surface area (Å²) in [5.74, 6) is 0.696. The van der Waals surface area contributed by atoms with Gasteiger partial charge >= 0.3 is 0 Å². The summed E-state index contributed by atoms with van der Waals surface area (Å²) in [5, 5.41) is 11.1. The van der Waals surface area contributed by atoms with Gasteiger partial charge < -0.3 is 15.5 Å². The molecule has 0 radical (unpaired) electrons. The maximum atomic E-state index is 10.4. The standard InChI is InChI=1S/C23H26N6O3S/c1-14(2)33(30,31)18-10-8-16(9-11-18)19-13-26-21(24)20(27-19)23-29-28-22(32-23)17-6-4-15(5-7-17)12-25-3/h4-11,13-14,25,30-31H,12H2,1-3H3,(H2,24,26). The number of nitrogens with zero attached hydrogens (tertiary/aromatic N) is 4. The first-order chi connectivity index (χ1) is 15.8. The molecule has 0 aliphatic carbocycles. The molecule has 0 saturated heterocycles. The number of benzene rings is 2. The van der Waals surface area contributed by atoms with Crippen molar-refractivity contribution in [3.63, 3.8) is 0 Å². The summed E-state index contributed by atoms with van der Waals surface area (Å²) >= 11 is 0. The van der Waals surface area contributed by atoms with E-state index in [0.717, 1.165) is 23.2 Å². The second-order valence-corrected chi connectivity index (χ2v) is 10.4. The van der Waals surface area contributed by atoms with Crippen LogP contribution in [-0.4, -0.2) is 41.6 Å². The molecule has 2 aromatic carbocycles. The monoisotopic (exact) mass is 466 g/mol. The zero-order valence-corrected chi connectivity index (χ0v) is 19.4. The molecule has 0 amide bonds. The molecule has 0 unspecified atom stereocenters. The van der Waals surface area contributed by atoms with E-state index in [1.165, 1.54) is 0 Å². The molecule has 2 heterocycles. The van der Waals surface area contributed by atoms with Gasteiger partial charge in [0.2, 0.25) is 5.89 Å². The molecular formula is C23H26N6O3S. The summed E-state index contributed by atoms with van der Waals surface area (Å²) < 4.78 is 26.5. The van der Waals surface area contributed by atoms with Crippen LogP contribution in [0.3, 0.4) is 0 Å². The van der Waals surface area contributed by atoms with E-state index in [1.54, 1.807) is 44.3 Å². The molecule has 10 heteroatoms. The molecule has 0 bridgehead atoms. The highest BCUT2D eigenvalue weighted by atomic mass is 32.3. The lowest BCUT2D eigenvalue weighted by atomic mass is 10.1. The van der Waals surface area contributed by atoms with Crippen LogP contribution in [-0.2, 0) is 6.54 Å². The van der Waals surface area contributed by atoms with Crippen molar-refractivity contribution in [2.75, 3.05) is 12.8 Å². The summed E-state index contributed by atoms with van der Waals surface area (Å²) in [6, 6.07) is 14.7. The molecule has 0 fully saturated rings. The van der Waals surface area contributed by atoms with Crippen molar-refractivity contribution in [2.24, 2.45) is 0 Å². The fourth-order valence-electron chi connectivity index (χ4n) is 3.20. The minimum absolute atomic E-state index is 0.168. The third-order valence-electron chi connectivity index (χ3n) is 5.16. The molecule has 2 aromatic heterocycles. The van der Waals surface area contributed by atoms with Gasteiger partial charge in [-0.25, -0.2) is 9.97 Å². The van der Waals surface area contributed by atoms with Crippen LogP contribution in [0.5, 0.6) is 0 Å². The highest BCUT2D eigenvalue weighted by molar-refractivity contribution is 8.24. The Bertz CT molecular complexity index is 1240. The largest absolute Gasteiger partial charge is 0.414 e. The van der Waals surface area contributed by atoms with E-state index in [-0.39, 0.29) is 22.7 Å². The van der Waals surface area contributed by atoms with Gasteiger partial charge in [-0.2, -0.15) is 10.6 Å². The highest BCUT2D eigenvalue weighted by Crippen LogP contribution is 2.52. The van der Waals surface area contributed by atoms with Crippen LogP contribution in [0.25, 0.3) is 34.3 Å². The Morgan fingerprint density at radius 2 is 1.61 bits per heavy atom. The van der Waals surface area contributed by atoms with Gasteiger partial charge in [-0.15, -0.1) is 10.2 Å². The number of hydrogen-bond acceptors (Lipinski definition) is 9. The van der Waals surface area contributed by atoms with Crippen molar-refractivity contribution in [3.05, 3.63) is 60.3 Å². The number of nitrogens with two attached hydrogens (primary N) is 1. The Morgan fingerprint density at radius 1 is 0.970 bits per heavy atom. The second kappa shape index (κ2) is 9.28. The van der Waals surface area contributed by atoms with Crippen molar-refractivity contribution in [1.29, 1.82) is 0 Å². The normalized spacial score (nSPS) is 12.3. The Kier molecular flexibility index (Phi) is 6.43. The third kappa shape index (κ3) is 4.74. The topological polar surface area (TPSA) is 143 Å². The van der Waals surface area contributed by atoms with E-state index in [4.69, 9.17) is 10.2 Å². The van der Waals surface area contributed by atoms with Gasteiger partial charge in [0.1, 0.15) is 0 Å². The van der Waals surface area contributed by atoms with Gasteiger partial charge in [0.05, 0.1) is 16.8 Å². The van der Waals surface area contributed by atoms with Crippen molar-refractivity contribution in [2.45, 2.75) is 30.5 Å². The predicted molar refractivity (Wildman–Crippen MR) is 130 cm³/mol. The molecule has 0 saturated carbocycles. The van der Waals surface area contributed by atoms with Crippen LogP contribution < -0.4 is 11.1 Å². The number of nitrogen functional groups attached to an aromatic ring is 1. The quantitative estimate of drug-likeness (QED) is 0.305. The number of aromatic nitrogens is 4. The first kappa shape index (κ1) is 22.9. The number of anilines is 1. The van der Waals surface area contributed by atoms with Crippen LogP contribution >= 0.6 is 10.6 Å². The molecule has 33 heavy (non-hydrogen) atoms. The average Bonchev–Trinajstić information content (AvgIpc) is 3.30. The molecular weight excluding hydrogens is 440 g/mol.